The van der Waals surface area contributed by atoms with Crippen LogP contribution in [0.3, 0.4) is 0 Å². The van der Waals surface area contributed by atoms with Crippen molar-refractivity contribution in [2.75, 3.05) is 11.5 Å². The summed E-state index contributed by atoms with van der Waals surface area (Å²) in [5.74, 6) is -0.646. The molecule has 2 heterocycles. The van der Waals surface area contributed by atoms with Crippen molar-refractivity contribution in [3.8, 4) is 0 Å². The Balaban J connectivity index is 1.83. The van der Waals surface area contributed by atoms with Crippen molar-refractivity contribution in [3.05, 3.63) is 74.3 Å². The number of hydrogen-bond donors (Lipinski definition) is 0. The molecule has 2 aromatic rings. The van der Waals surface area contributed by atoms with E-state index in [1.54, 1.807) is 4.90 Å². The summed E-state index contributed by atoms with van der Waals surface area (Å²) in [6, 6.07) is 15.2. The van der Waals surface area contributed by atoms with Crippen LogP contribution in [0, 0.1) is 0 Å². The molecule has 0 radical (unpaired) electrons. The fourth-order valence-electron chi connectivity index (χ4n) is 3.35. The maximum atomic E-state index is 12.9. The minimum Gasteiger partial charge on any atom is -0.456 e. The third kappa shape index (κ3) is 2.93. The van der Waals surface area contributed by atoms with Gasteiger partial charge in [0.1, 0.15) is 6.61 Å². The number of anilines is 1. The summed E-state index contributed by atoms with van der Waals surface area (Å²) in [6.45, 7) is 0.124. The van der Waals surface area contributed by atoms with Crippen LogP contribution in [0.15, 0.2) is 68.7 Å². The molecule has 0 saturated heterocycles. The molecule has 126 valence electrons. The second-order valence-corrected chi connectivity index (χ2v) is 7.79. The molecular weight excluding hydrogens is 450 g/mol. The average molecular weight is 463 g/mol. The monoisotopic (exact) mass is 461 g/mol. The molecule has 2 aliphatic rings. The van der Waals surface area contributed by atoms with Crippen LogP contribution in [0.4, 0.5) is 5.69 Å². The lowest BCUT2D eigenvalue weighted by Crippen LogP contribution is -2.37. The minimum absolute atomic E-state index is 0.0388. The van der Waals surface area contributed by atoms with Gasteiger partial charge in [-0.05, 0) is 35.9 Å². The van der Waals surface area contributed by atoms with E-state index in [-0.39, 0.29) is 30.8 Å². The van der Waals surface area contributed by atoms with E-state index in [1.165, 1.54) is 0 Å². The molecule has 0 aromatic heterocycles. The van der Waals surface area contributed by atoms with E-state index in [9.17, 15) is 9.59 Å². The lowest BCUT2D eigenvalue weighted by atomic mass is 9.84. The summed E-state index contributed by atoms with van der Waals surface area (Å²) in [5.41, 5.74) is 2.91. The number of nitrogens with zero attached hydrogens (tertiary/aromatic N) is 1. The first-order chi connectivity index (χ1) is 12.0. The van der Waals surface area contributed by atoms with Gasteiger partial charge in [0, 0.05) is 27.0 Å². The normalized spacial score (nSPS) is 19.9. The van der Waals surface area contributed by atoms with E-state index in [0.29, 0.717) is 11.3 Å². The molecule has 2 aliphatic heterocycles. The molecule has 6 heteroatoms. The highest BCUT2D eigenvalue weighted by Crippen LogP contribution is 2.42. The van der Waals surface area contributed by atoms with Gasteiger partial charge in [-0.15, -0.1) is 0 Å². The number of carbonyl (C=O) groups excluding carboxylic acids is 2. The van der Waals surface area contributed by atoms with Crippen molar-refractivity contribution in [2.24, 2.45) is 0 Å². The van der Waals surface area contributed by atoms with Gasteiger partial charge in [0.2, 0.25) is 5.91 Å². The fraction of sp³-hybridized carbons (Fsp3) is 0.158. The molecule has 1 unspecified atom stereocenters. The number of ether oxygens (including phenoxy) is 1. The SMILES string of the molecule is O=C1OCC2=C1C(c1ccc(Br)cc1)CC(=O)N2c1cccc(Br)c1. The minimum atomic E-state index is -0.338. The molecule has 2 aromatic carbocycles. The van der Waals surface area contributed by atoms with Gasteiger partial charge < -0.3 is 4.74 Å². The zero-order valence-corrected chi connectivity index (χ0v) is 16.2. The Hall–Kier alpha value is -1.92. The Morgan fingerprint density at radius 2 is 1.76 bits per heavy atom. The summed E-state index contributed by atoms with van der Waals surface area (Å²) >= 11 is 6.85. The van der Waals surface area contributed by atoms with Gasteiger partial charge in [-0.1, -0.05) is 50.1 Å². The zero-order chi connectivity index (χ0) is 17.6. The highest BCUT2D eigenvalue weighted by Gasteiger charge is 2.42. The van der Waals surface area contributed by atoms with E-state index < -0.39 is 0 Å². The highest BCUT2D eigenvalue weighted by atomic mass is 79.9. The topological polar surface area (TPSA) is 46.6 Å². The smallest absolute Gasteiger partial charge is 0.336 e. The standard InChI is InChI=1S/C19H13Br2NO3/c20-12-6-4-11(5-7-12)15-9-17(23)22(14-3-1-2-13(21)8-14)16-10-25-19(24)18(15)16/h1-8,15H,9-10H2. The Morgan fingerprint density at radius 1 is 1.00 bits per heavy atom. The van der Waals surface area contributed by atoms with Gasteiger partial charge in [0.25, 0.3) is 0 Å². The van der Waals surface area contributed by atoms with E-state index in [1.807, 2.05) is 48.5 Å². The third-order valence-electron chi connectivity index (χ3n) is 4.46. The van der Waals surface area contributed by atoms with Crippen LogP contribution < -0.4 is 4.90 Å². The number of amides is 1. The van der Waals surface area contributed by atoms with Crippen molar-refractivity contribution in [1.82, 2.24) is 0 Å². The lowest BCUT2D eigenvalue weighted by Gasteiger charge is -2.32. The van der Waals surface area contributed by atoms with Gasteiger partial charge in [0.05, 0.1) is 11.3 Å². The number of carbonyl (C=O) groups is 2. The lowest BCUT2D eigenvalue weighted by molar-refractivity contribution is -0.136. The van der Waals surface area contributed by atoms with Gasteiger partial charge in [-0.25, -0.2) is 4.79 Å². The van der Waals surface area contributed by atoms with Gasteiger partial charge >= 0.3 is 5.97 Å². The third-order valence-corrected chi connectivity index (χ3v) is 5.48. The van der Waals surface area contributed by atoms with Crippen molar-refractivity contribution in [2.45, 2.75) is 12.3 Å². The van der Waals surface area contributed by atoms with E-state index in [0.717, 1.165) is 20.2 Å². The Bertz CT molecular complexity index is 905. The average Bonchev–Trinajstić information content (AvgIpc) is 2.96. The van der Waals surface area contributed by atoms with E-state index >= 15 is 0 Å². The second-order valence-electron chi connectivity index (χ2n) is 5.95. The predicted octanol–water partition coefficient (Wildman–Crippen LogP) is 4.54. The van der Waals surface area contributed by atoms with Crippen LogP contribution in [0.1, 0.15) is 17.9 Å². The first-order valence-electron chi connectivity index (χ1n) is 7.79. The number of hydrogen-bond acceptors (Lipinski definition) is 3. The van der Waals surface area contributed by atoms with Crippen LogP contribution in [-0.2, 0) is 14.3 Å². The molecule has 25 heavy (non-hydrogen) atoms. The Labute approximate surface area is 161 Å². The van der Waals surface area contributed by atoms with Gasteiger partial charge in [0.15, 0.2) is 0 Å². The zero-order valence-electron chi connectivity index (χ0n) is 13.0. The maximum Gasteiger partial charge on any atom is 0.336 e. The largest absolute Gasteiger partial charge is 0.456 e. The summed E-state index contributed by atoms with van der Waals surface area (Å²) in [7, 11) is 0. The number of esters is 1. The van der Waals surface area contributed by atoms with Crippen molar-refractivity contribution in [1.29, 1.82) is 0 Å². The molecule has 0 saturated carbocycles. The molecule has 1 amide bonds. The summed E-state index contributed by atoms with van der Waals surface area (Å²) in [5, 5.41) is 0. The highest BCUT2D eigenvalue weighted by molar-refractivity contribution is 9.10. The fourth-order valence-corrected chi connectivity index (χ4v) is 4.00. The summed E-state index contributed by atoms with van der Waals surface area (Å²) < 4.78 is 7.11. The molecular formula is C19H13Br2NO3. The molecule has 1 atom stereocenters. The number of cyclic esters (lactones) is 1. The molecule has 0 N–H and O–H groups in total. The number of benzene rings is 2. The molecule has 4 rings (SSSR count). The first-order valence-corrected chi connectivity index (χ1v) is 9.37. The number of halogens is 2. The van der Waals surface area contributed by atoms with E-state index in [2.05, 4.69) is 31.9 Å². The molecule has 0 bridgehead atoms. The van der Waals surface area contributed by atoms with Crippen LogP contribution in [0.2, 0.25) is 0 Å². The molecule has 0 spiro atoms. The Morgan fingerprint density at radius 3 is 2.48 bits per heavy atom. The quantitative estimate of drug-likeness (QED) is 0.615. The summed E-state index contributed by atoms with van der Waals surface area (Å²) in [4.78, 5) is 26.9. The van der Waals surface area contributed by atoms with Crippen LogP contribution >= 0.6 is 31.9 Å². The maximum absolute atomic E-state index is 12.9. The predicted molar refractivity (Wildman–Crippen MR) is 101 cm³/mol. The molecule has 0 aliphatic carbocycles. The first kappa shape index (κ1) is 16.5. The second kappa shape index (κ2) is 6.42. The van der Waals surface area contributed by atoms with E-state index in [4.69, 9.17) is 4.74 Å². The summed E-state index contributed by atoms with van der Waals surface area (Å²) in [6.07, 6.45) is 0.238. The molecule has 0 fully saturated rings. The molecule has 4 nitrogen and oxygen atoms in total. The van der Waals surface area contributed by atoms with Crippen molar-refractivity contribution >= 4 is 49.4 Å². The van der Waals surface area contributed by atoms with Gasteiger partial charge in [-0.3, -0.25) is 9.69 Å². The Kier molecular flexibility index (Phi) is 4.25. The van der Waals surface area contributed by atoms with Crippen LogP contribution in [0.25, 0.3) is 0 Å². The number of rotatable bonds is 2. The van der Waals surface area contributed by atoms with Gasteiger partial charge in [-0.2, -0.15) is 0 Å². The van der Waals surface area contributed by atoms with Crippen LogP contribution in [-0.4, -0.2) is 18.5 Å². The van der Waals surface area contributed by atoms with Crippen molar-refractivity contribution in [3.63, 3.8) is 0 Å². The van der Waals surface area contributed by atoms with Crippen LogP contribution in [0.5, 0.6) is 0 Å². The van der Waals surface area contributed by atoms with Crippen molar-refractivity contribution < 1.29 is 14.3 Å².